The molecular weight excluding hydrogens is 402 g/mol. The molecule has 5 rings (SSSR count). The van der Waals surface area contributed by atoms with Gasteiger partial charge in [-0.15, -0.1) is 22.7 Å². The lowest BCUT2D eigenvalue weighted by Gasteiger charge is -2.35. The third kappa shape index (κ3) is 3.41. The minimum absolute atomic E-state index is 0.0275. The highest BCUT2D eigenvalue weighted by Gasteiger charge is 2.33. The summed E-state index contributed by atoms with van der Waals surface area (Å²) in [6.45, 7) is 0.705. The molecule has 4 aromatic rings. The number of aromatic nitrogens is 2. The van der Waals surface area contributed by atoms with Crippen LogP contribution in [0.2, 0.25) is 0 Å². The van der Waals surface area contributed by atoms with Crippen molar-refractivity contribution in [3.05, 3.63) is 84.6 Å². The van der Waals surface area contributed by atoms with Crippen molar-refractivity contribution in [3.63, 3.8) is 0 Å². The number of aryl methyl sites for hydroxylation is 1. The van der Waals surface area contributed by atoms with Crippen molar-refractivity contribution in [2.45, 2.75) is 25.3 Å². The fourth-order valence-electron chi connectivity index (χ4n) is 3.94. The Balaban J connectivity index is 1.39. The molecule has 0 saturated heterocycles. The number of nitrogens with zero attached hydrogens (tertiary/aromatic N) is 2. The Labute approximate surface area is 175 Å². The number of hydrogen-bond donors (Lipinski definition) is 1. The quantitative estimate of drug-likeness (QED) is 0.538. The molecule has 0 bridgehead atoms. The summed E-state index contributed by atoms with van der Waals surface area (Å²) in [6.07, 6.45) is 1.49. The second-order valence-electron chi connectivity index (χ2n) is 7.08. The van der Waals surface area contributed by atoms with Gasteiger partial charge in [-0.3, -0.25) is 9.59 Å². The second kappa shape index (κ2) is 7.57. The predicted octanol–water partition coefficient (Wildman–Crippen LogP) is 4.15. The molecule has 1 amide bonds. The molecule has 1 aliphatic rings. The Morgan fingerprint density at radius 3 is 2.90 bits per heavy atom. The van der Waals surface area contributed by atoms with Crippen LogP contribution in [-0.2, 0) is 17.6 Å². The molecule has 0 fully saturated rings. The van der Waals surface area contributed by atoms with E-state index in [1.54, 1.807) is 22.7 Å². The number of hydrogen-bond acceptors (Lipinski definition) is 5. The van der Waals surface area contributed by atoms with E-state index in [9.17, 15) is 9.59 Å². The SMILES string of the molecule is O=C(CCc1nc2ccccc2[nH]c1=O)N1CCc2sccc2C1c1cccs1. The van der Waals surface area contributed by atoms with Crippen LogP contribution in [0.15, 0.2) is 58.0 Å². The standard InChI is InChI=1S/C22H19N3O2S2/c26-20(8-7-17-22(27)24-16-5-2-1-4-15(16)23-17)25-11-9-18-14(10-13-29-18)21(25)19-6-3-12-28-19/h1-6,10,12-13,21H,7-9,11H2,(H,24,27). The average Bonchev–Trinajstić information content (AvgIpc) is 3.43. The van der Waals surface area contributed by atoms with Gasteiger partial charge in [0, 0.05) is 29.1 Å². The van der Waals surface area contributed by atoms with E-state index in [-0.39, 0.29) is 23.9 Å². The first kappa shape index (κ1) is 18.3. The number of H-pyrrole nitrogens is 1. The van der Waals surface area contributed by atoms with Crippen LogP contribution in [0, 0.1) is 0 Å². The van der Waals surface area contributed by atoms with Gasteiger partial charge in [0.25, 0.3) is 5.56 Å². The van der Waals surface area contributed by atoms with E-state index < -0.39 is 0 Å². The molecule has 0 radical (unpaired) electrons. The summed E-state index contributed by atoms with van der Waals surface area (Å²) in [4.78, 5) is 37.4. The molecule has 0 aliphatic carbocycles. The van der Waals surface area contributed by atoms with Crippen LogP contribution >= 0.6 is 22.7 Å². The topological polar surface area (TPSA) is 66.1 Å². The fourth-order valence-corrected chi connectivity index (χ4v) is 5.70. The first-order valence-corrected chi connectivity index (χ1v) is 11.3. The number of amides is 1. The fraction of sp³-hybridized carbons (Fsp3) is 0.227. The molecule has 1 N–H and O–H groups in total. The Morgan fingerprint density at radius 2 is 2.03 bits per heavy atom. The third-order valence-electron chi connectivity index (χ3n) is 5.34. The number of fused-ring (bicyclic) bond motifs is 2. The van der Waals surface area contributed by atoms with E-state index in [0.717, 1.165) is 11.9 Å². The minimum atomic E-state index is -0.218. The lowest BCUT2D eigenvalue weighted by molar-refractivity contribution is -0.133. The molecule has 4 heterocycles. The molecule has 7 heteroatoms. The summed E-state index contributed by atoms with van der Waals surface area (Å²) in [5.74, 6) is 0.0645. The average molecular weight is 422 g/mol. The van der Waals surface area contributed by atoms with Crippen molar-refractivity contribution < 1.29 is 4.79 Å². The molecule has 5 nitrogen and oxygen atoms in total. The maximum Gasteiger partial charge on any atom is 0.270 e. The van der Waals surface area contributed by atoms with E-state index in [2.05, 4.69) is 32.9 Å². The summed E-state index contributed by atoms with van der Waals surface area (Å²) in [5.41, 5.74) is 2.89. The van der Waals surface area contributed by atoms with Crippen LogP contribution in [0.25, 0.3) is 11.0 Å². The van der Waals surface area contributed by atoms with Gasteiger partial charge in [0.2, 0.25) is 5.91 Å². The first-order valence-electron chi connectivity index (χ1n) is 9.58. The molecule has 0 spiro atoms. The predicted molar refractivity (Wildman–Crippen MR) is 117 cm³/mol. The highest BCUT2D eigenvalue weighted by atomic mass is 32.1. The van der Waals surface area contributed by atoms with Gasteiger partial charge in [-0.25, -0.2) is 4.98 Å². The van der Waals surface area contributed by atoms with Crippen LogP contribution in [0.3, 0.4) is 0 Å². The largest absolute Gasteiger partial charge is 0.330 e. The third-order valence-corrected chi connectivity index (χ3v) is 7.27. The van der Waals surface area contributed by atoms with Crippen molar-refractivity contribution in [2.24, 2.45) is 0 Å². The molecule has 146 valence electrons. The molecule has 0 saturated carbocycles. The summed E-state index contributed by atoms with van der Waals surface area (Å²) < 4.78 is 0. The monoisotopic (exact) mass is 421 g/mol. The lowest BCUT2D eigenvalue weighted by atomic mass is 9.98. The van der Waals surface area contributed by atoms with Gasteiger partial charge in [0.1, 0.15) is 5.69 Å². The van der Waals surface area contributed by atoms with E-state index in [0.29, 0.717) is 24.2 Å². The highest BCUT2D eigenvalue weighted by molar-refractivity contribution is 7.10. The zero-order chi connectivity index (χ0) is 19.8. The summed E-state index contributed by atoms with van der Waals surface area (Å²) in [5, 5.41) is 4.16. The van der Waals surface area contributed by atoms with Crippen molar-refractivity contribution in [2.75, 3.05) is 6.54 Å². The number of rotatable bonds is 4. The van der Waals surface area contributed by atoms with Gasteiger partial charge in [0.15, 0.2) is 0 Å². The van der Waals surface area contributed by atoms with Crippen LogP contribution in [0.5, 0.6) is 0 Å². The maximum atomic E-state index is 13.2. The number of aromatic amines is 1. The molecule has 1 atom stereocenters. The lowest BCUT2D eigenvalue weighted by Crippen LogP contribution is -2.40. The van der Waals surface area contributed by atoms with Crippen molar-refractivity contribution >= 4 is 39.6 Å². The number of benzene rings is 1. The summed E-state index contributed by atoms with van der Waals surface area (Å²) >= 11 is 3.44. The molecule has 1 unspecified atom stereocenters. The van der Waals surface area contributed by atoms with Gasteiger partial charge in [0.05, 0.1) is 17.1 Å². The van der Waals surface area contributed by atoms with E-state index >= 15 is 0 Å². The Bertz CT molecular complexity index is 1230. The van der Waals surface area contributed by atoms with E-state index in [1.165, 1.54) is 15.3 Å². The van der Waals surface area contributed by atoms with Crippen LogP contribution < -0.4 is 5.56 Å². The summed E-state index contributed by atoms with van der Waals surface area (Å²) in [6, 6.07) is 13.7. The minimum Gasteiger partial charge on any atom is -0.330 e. The smallest absolute Gasteiger partial charge is 0.270 e. The molecule has 1 aliphatic heterocycles. The zero-order valence-corrected chi connectivity index (χ0v) is 17.3. The number of para-hydroxylation sites is 2. The van der Waals surface area contributed by atoms with Crippen LogP contribution in [0.1, 0.15) is 33.5 Å². The van der Waals surface area contributed by atoms with Crippen LogP contribution in [0.4, 0.5) is 0 Å². The Kier molecular flexibility index (Phi) is 4.77. The van der Waals surface area contributed by atoms with E-state index in [4.69, 9.17) is 0 Å². The maximum absolute atomic E-state index is 13.2. The molecule has 29 heavy (non-hydrogen) atoms. The number of carbonyl (C=O) groups excluding carboxylic acids is 1. The van der Waals surface area contributed by atoms with Crippen molar-refractivity contribution in [3.8, 4) is 0 Å². The second-order valence-corrected chi connectivity index (χ2v) is 9.06. The number of nitrogens with one attached hydrogen (secondary N) is 1. The van der Waals surface area contributed by atoms with Crippen molar-refractivity contribution in [1.82, 2.24) is 14.9 Å². The number of carbonyl (C=O) groups is 1. The molecule has 3 aromatic heterocycles. The van der Waals surface area contributed by atoms with Gasteiger partial charge >= 0.3 is 0 Å². The highest BCUT2D eigenvalue weighted by Crippen LogP contribution is 2.39. The normalized spacial score (nSPS) is 16.1. The van der Waals surface area contributed by atoms with Crippen LogP contribution in [-0.4, -0.2) is 27.3 Å². The molecule has 1 aromatic carbocycles. The molecular formula is C22H19N3O2S2. The number of thiophene rings is 2. The van der Waals surface area contributed by atoms with Gasteiger partial charge in [-0.1, -0.05) is 18.2 Å². The summed E-state index contributed by atoms with van der Waals surface area (Å²) in [7, 11) is 0. The Morgan fingerprint density at radius 1 is 1.14 bits per heavy atom. The van der Waals surface area contributed by atoms with Gasteiger partial charge in [-0.2, -0.15) is 0 Å². The van der Waals surface area contributed by atoms with Gasteiger partial charge in [-0.05, 0) is 47.0 Å². The Hall–Kier alpha value is -2.77. The first-order chi connectivity index (χ1) is 14.2. The van der Waals surface area contributed by atoms with E-state index in [1.807, 2.05) is 35.2 Å². The van der Waals surface area contributed by atoms with Crippen molar-refractivity contribution in [1.29, 1.82) is 0 Å². The van der Waals surface area contributed by atoms with Gasteiger partial charge < -0.3 is 9.88 Å². The zero-order valence-electron chi connectivity index (χ0n) is 15.6.